The number of methoxy groups -OCH3 is 1. The summed E-state index contributed by atoms with van der Waals surface area (Å²) in [5, 5.41) is 3.01. The van der Waals surface area contributed by atoms with Crippen LogP contribution in [0, 0.1) is 0 Å². The van der Waals surface area contributed by atoms with E-state index in [1.54, 1.807) is 7.11 Å². The lowest BCUT2D eigenvalue weighted by molar-refractivity contribution is 0.0490. The second-order valence-corrected chi connectivity index (χ2v) is 6.98. The molecular weight excluding hydrogens is 278 g/mol. The summed E-state index contributed by atoms with van der Waals surface area (Å²) in [6.07, 6.45) is 3.96. The van der Waals surface area contributed by atoms with Gasteiger partial charge in [-0.15, -0.1) is 0 Å². The number of alkyl carbamates (subject to hydrolysis) is 1. The van der Waals surface area contributed by atoms with Gasteiger partial charge in [0.2, 0.25) is 0 Å². The van der Waals surface area contributed by atoms with Crippen molar-refractivity contribution in [3.05, 3.63) is 29.8 Å². The van der Waals surface area contributed by atoms with Gasteiger partial charge in [0.05, 0.1) is 7.11 Å². The van der Waals surface area contributed by atoms with Crippen molar-refractivity contribution in [2.45, 2.75) is 64.0 Å². The van der Waals surface area contributed by atoms with Crippen LogP contribution in [0.15, 0.2) is 24.3 Å². The lowest BCUT2D eigenvalue weighted by Gasteiger charge is -2.31. The average molecular weight is 305 g/mol. The van der Waals surface area contributed by atoms with E-state index in [-0.39, 0.29) is 12.1 Å². The highest BCUT2D eigenvalue weighted by atomic mass is 16.6. The van der Waals surface area contributed by atoms with Gasteiger partial charge in [-0.05, 0) is 63.6 Å². The Balaban J connectivity index is 1.92. The molecule has 0 heterocycles. The van der Waals surface area contributed by atoms with Gasteiger partial charge < -0.3 is 14.8 Å². The summed E-state index contributed by atoms with van der Waals surface area (Å²) in [6, 6.07) is 8.44. The van der Waals surface area contributed by atoms with Crippen LogP contribution in [0.3, 0.4) is 0 Å². The number of hydrogen-bond donors (Lipinski definition) is 1. The van der Waals surface area contributed by atoms with Gasteiger partial charge in [-0.2, -0.15) is 0 Å². The molecule has 1 aromatic rings. The molecule has 4 nitrogen and oxygen atoms in total. The van der Waals surface area contributed by atoms with Crippen LogP contribution < -0.4 is 10.1 Å². The van der Waals surface area contributed by atoms with Crippen LogP contribution in [0.1, 0.15) is 57.9 Å². The standard InChI is InChI=1S/C18H27NO3/c1-18(2,3)22-17(20)19-15-7-5-6-14(12-15)13-8-10-16(21-4)11-9-13/h8-11,14-15H,5-7,12H2,1-4H3,(H,19,20). The maximum Gasteiger partial charge on any atom is 0.407 e. The molecule has 0 aliphatic heterocycles. The Hall–Kier alpha value is -1.71. The van der Waals surface area contributed by atoms with Gasteiger partial charge in [-0.25, -0.2) is 4.79 Å². The zero-order valence-corrected chi connectivity index (χ0v) is 14.0. The van der Waals surface area contributed by atoms with Crippen molar-refractivity contribution < 1.29 is 14.3 Å². The van der Waals surface area contributed by atoms with Crippen LogP contribution in [0.25, 0.3) is 0 Å². The van der Waals surface area contributed by atoms with Gasteiger partial charge in [0.25, 0.3) is 0 Å². The second-order valence-electron chi connectivity index (χ2n) is 6.98. The third-order valence-corrected chi connectivity index (χ3v) is 3.98. The van der Waals surface area contributed by atoms with E-state index in [1.165, 1.54) is 12.0 Å². The highest BCUT2D eigenvalue weighted by Gasteiger charge is 2.26. The zero-order chi connectivity index (χ0) is 16.2. The van der Waals surface area contributed by atoms with Crippen LogP contribution in [0.4, 0.5) is 4.79 Å². The van der Waals surface area contributed by atoms with Gasteiger partial charge in [-0.3, -0.25) is 0 Å². The van der Waals surface area contributed by atoms with Crippen molar-refractivity contribution >= 4 is 6.09 Å². The fraction of sp³-hybridized carbons (Fsp3) is 0.611. The predicted molar refractivity (Wildman–Crippen MR) is 87.4 cm³/mol. The highest BCUT2D eigenvalue weighted by Crippen LogP contribution is 2.33. The van der Waals surface area contributed by atoms with Crippen molar-refractivity contribution in [3.63, 3.8) is 0 Å². The first-order chi connectivity index (χ1) is 10.4. The lowest BCUT2D eigenvalue weighted by atomic mass is 9.81. The summed E-state index contributed by atoms with van der Waals surface area (Å²) in [4.78, 5) is 11.9. The maximum atomic E-state index is 11.9. The van der Waals surface area contributed by atoms with E-state index in [0.717, 1.165) is 25.0 Å². The fourth-order valence-corrected chi connectivity index (χ4v) is 2.97. The van der Waals surface area contributed by atoms with Gasteiger partial charge >= 0.3 is 6.09 Å². The summed E-state index contributed by atoms with van der Waals surface area (Å²) in [7, 11) is 1.68. The fourth-order valence-electron chi connectivity index (χ4n) is 2.97. The van der Waals surface area contributed by atoms with Crippen molar-refractivity contribution in [3.8, 4) is 5.75 Å². The second kappa shape index (κ2) is 7.03. The minimum atomic E-state index is -0.450. The highest BCUT2D eigenvalue weighted by molar-refractivity contribution is 5.68. The van der Waals surface area contributed by atoms with E-state index < -0.39 is 5.60 Å². The van der Waals surface area contributed by atoms with Gasteiger partial charge in [0, 0.05) is 6.04 Å². The number of carbonyl (C=O) groups excluding carboxylic acids is 1. The number of amides is 1. The first kappa shape index (κ1) is 16.7. The SMILES string of the molecule is COc1ccc(C2CCCC(NC(=O)OC(C)(C)C)C2)cc1. The third-order valence-electron chi connectivity index (χ3n) is 3.98. The van der Waals surface area contributed by atoms with E-state index in [2.05, 4.69) is 17.4 Å². The molecule has 122 valence electrons. The molecule has 1 aliphatic rings. The average Bonchev–Trinajstić information content (AvgIpc) is 2.45. The Morgan fingerprint density at radius 3 is 2.45 bits per heavy atom. The summed E-state index contributed by atoms with van der Waals surface area (Å²) in [5.74, 6) is 1.36. The van der Waals surface area contributed by atoms with Gasteiger partial charge in [0.15, 0.2) is 0 Å². The number of rotatable bonds is 3. The number of nitrogens with one attached hydrogen (secondary N) is 1. The monoisotopic (exact) mass is 305 g/mol. The zero-order valence-electron chi connectivity index (χ0n) is 14.0. The molecule has 1 fully saturated rings. The molecule has 0 radical (unpaired) electrons. The van der Waals surface area contributed by atoms with Crippen molar-refractivity contribution in [1.29, 1.82) is 0 Å². The molecule has 4 heteroatoms. The number of carbonyl (C=O) groups is 1. The quantitative estimate of drug-likeness (QED) is 0.908. The first-order valence-corrected chi connectivity index (χ1v) is 8.01. The van der Waals surface area contributed by atoms with Gasteiger partial charge in [-0.1, -0.05) is 18.6 Å². The van der Waals surface area contributed by atoms with E-state index in [1.807, 2.05) is 32.9 Å². The Labute approximate surface area is 133 Å². The molecule has 1 saturated carbocycles. The minimum Gasteiger partial charge on any atom is -0.497 e. The van der Waals surface area contributed by atoms with E-state index in [0.29, 0.717) is 5.92 Å². The molecule has 1 amide bonds. The van der Waals surface area contributed by atoms with Gasteiger partial charge in [0.1, 0.15) is 11.4 Å². The molecule has 0 spiro atoms. The first-order valence-electron chi connectivity index (χ1n) is 8.01. The molecule has 1 aromatic carbocycles. The smallest absolute Gasteiger partial charge is 0.407 e. The molecule has 0 bridgehead atoms. The summed E-state index contributed by atoms with van der Waals surface area (Å²) in [6.45, 7) is 5.65. The Morgan fingerprint density at radius 2 is 1.86 bits per heavy atom. The van der Waals surface area contributed by atoms with Crippen LogP contribution in [0.5, 0.6) is 5.75 Å². The number of hydrogen-bond acceptors (Lipinski definition) is 3. The molecular formula is C18H27NO3. The Morgan fingerprint density at radius 1 is 1.18 bits per heavy atom. The predicted octanol–water partition coefficient (Wildman–Crippen LogP) is 4.25. The van der Waals surface area contributed by atoms with Crippen LogP contribution >= 0.6 is 0 Å². The molecule has 2 atom stereocenters. The molecule has 0 saturated heterocycles. The molecule has 2 rings (SSSR count). The van der Waals surface area contributed by atoms with Crippen molar-refractivity contribution in [2.75, 3.05) is 7.11 Å². The van der Waals surface area contributed by atoms with E-state index in [4.69, 9.17) is 9.47 Å². The number of ether oxygens (including phenoxy) is 2. The third kappa shape index (κ3) is 4.93. The van der Waals surface area contributed by atoms with E-state index in [9.17, 15) is 4.79 Å². The Kier molecular flexibility index (Phi) is 5.33. The maximum absolute atomic E-state index is 11.9. The lowest BCUT2D eigenvalue weighted by Crippen LogP contribution is -2.41. The molecule has 2 unspecified atom stereocenters. The van der Waals surface area contributed by atoms with Crippen molar-refractivity contribution in [2.24, 2.45) is 0 Å². The Bertz CT molecular complexity index is 490. The number of benzene rings is 1. The topological polar surface area (TPSA) is 47.6 Å². The minimum absolute atomic E-state index is 0.190. The van der Waals surface area contributed by atoms with Crippen LogP contribution in [0.2, 0.25) is 0 Å². The summed E-state index contributed by atoms with van der Waals surface area (Å²) in [5.41, 5.74) is 0.866. The normalized spacial score (nSPS) is 22.0. The van der Waals surface area contributed by atoms with E-state index >= 15 is 0 Å². The van der Waals surface area contributed by atoms with Crippen LogP contribution in [-0.4, -0.2) is 24.8 Å². The molecule has 1 aliphatic carbocycles. The molecule has 22 heavy (non-hydrogen) atoms. The summed E-state index contributed by atoms with van der Waals surface area (Å²) >= 11 is 0. The van der Waals surface area contributed by atoms with Crippen molar-refractivity contribution in [1.82, 2.24) is 5.32 Å². The molecule has 0 aromatic heterocycles. The largest absolute Gasteiger partial charge is 0.497 e. The summed E-state index contributed by atoms with van der Waals surface area (Å²) < 4.78 is 10.5. The molecule has 1 N–H and O–H groups in total. The van der Waals surface area contributed by atoms with Crippen LogP contribution in [-0.2, 0) is 4.74 Å².